The number of hydrogen-bond donors (Lipinski definition) is 1. The maximum absolute atomic E-state index is 11.3. The van der Waals surface area contributed by atoms with Crippen molar-refractivity contribution in [2.45, 2.75) is 20.1 Å². The van der Waals surface area contributed by atoms with E-state index in [0.717, 1.165) is 0 Å². The third-order valence-electron chi connectivity index (χ3n) is 2.14. The minimum Gasteiger partial charge on any atom is -0.372 e. The van der Waals surface area contributed by atoms with Crippen LogP contribution in [0.5, 0.6) is 0 Å². The summed E-state index contributed by atoms with van der Waals surface area (Å²) < 4.78 is 1.19. The zero-order chi connectivity index (χ0) is 9.46. The summed E-state index contributed by atoms with van der Waals surface area (Å²) in [4.78, 5) is 22.5. The van der Waals surface area contributed by atoms with Crippen LogP contribution in [0, 0.1) is 11.8 Å². The second-order valence-electron chi connectivity index (χ2n) is 2.98. The fraction of sp³-hybridized carbons (Fsp3) is 0.714. The van der Waals surface area contributed by atoms with Crippen molar-refractivity contribution in [2.75, 3.05) is 0 Å². The van der Waals surface area contributed by atoms with Crippen LogP contribution >= 0.6 is 22.9 Å². The lowest BCUT2D eigenvalue weighted by atomic mass is 9.89. The molecule has 1 rings (SSSR count). The second-order valence-corrected chi connectivity index (χ2v) is 4.02. The number of nitrogens with zero attached hydrogens (tertiary/aromatic N) is 1. The highest BCUT2D eigenvalue weighted by Gasteiger charge is 2.41. The Morgan fingerprint density at radius 2 is 1.92 bits per heavy atom. The smallest absolute Gasteiger partial charge is 0.243 e. The summed E-state index contributed by atoms with van der Waals surface area (Å²) in [6.45, 7) is 3.19. The van der Waals surface area contributed by atoms with Gasteiger partial charge in [-0.05, 0) is 6.92 Å². The fourth-order valence-electron chi connectivity index (χ4n) is 1.17. The lowest BCUT2D eigenvalue weighted by Gasteiger charge is -2.33. The zero-order valence-electron chi connectivity index (χ0n) is 6.82. The van der Waals surface area contributed by atoms with E-state index in [1.807, 2.05) is 0 Å². The molecule has 1 aliphatic heterocycles. The SMILES string of the molecule is CC1C(=O)C(C)C(O)N(I)C1=O. The Hall–Kier alpha value is -0.170. The number of ketones is 1. The molecule has 1 aliphatic rings. The average molecular weight is 283 g/mol. The van der Waals surface area contributed by atoms with Gasteiger partial charge in [0.2, 0.25) is 5.91 Å². The van der Waals surface area contributed by atoms with E-state index in [1.165, 1.54) is 3.11 Å². The standard InChI is InChI=1S/C7H10INO3/c1-3-5(10)4(2)7(12)9(8)6(3)11/h3-4,6,11H,1-2H3. The van der Waals surface area contributed by atoms with Crippen molar-refractivity contribution >= 4 is 34.6 Å². The first kappa shape index (κ1) is 9.91. The second kappa shape index (κ2) is 3.29. The van der Waals surface area contributed by atoms with Crippen LogP contribution in [-0.4, -0.2) is 26.1 Å². The fourth-order valence-corrected chi connectivity index (χ4v) is 2.07. The molecular weight excluding hydrogens is 273 g/mol. The molecule has 0 aliphatic carbocycles. The van der Waals surface area contributed by atoms with E-state index in [2.05, 4.69) is 0 Å². The van der Waals surface area contributed by atoms with Crippen LogP contribution in [0.15, 0.2) is 0 Å². The molecule has 0 spiro atoms. The molecular formula is C7H10INO3. The predicted octanol–water partition coefficient (Wildman–Crippen LogP) is 0.338. The maximum Gasteiger partial charge on any atom is 0.243 e. The van der Waals surface area contributed by atoms with Gasteiger partial charge in [-0.1, -0.05) is 6.92 Å². The molecule has 0 aromatic carbocycles. The monoisotopic (exact) mass is 283 g/mol. The average Bonchev–Trinajstić information content (AvgIpc) is 2.08. The zero-order valence-corrected chi connectivity index (χ0v) is 8.98. The van der Waals surface area contributed by atoms with Gasteiger partial charge in [-0.15, -0.1) is 0 Å². The van der Waals surface area contributed by atoms with Crippen molar-refractivity contribution < 1.29 is 14.7 Å². The van der Waals surface area contributed by atoms with Crippen LogP contribution in [0.3, 0.4) is 0 Å². The van der Waals surface area contributed by atoms with Crippen LogP contribution in [0.2, 0.25) is 0 Å². The molecule has 1 N–H and O–H groups in total. The number of piperidine rings is 1. The molecule has 3 unspecified atom stereocenters. The number of hydrogen-bond acceptors (Lipinski definition) is 3. The van der Waals surface area contributed by atoms with Gasteiger partial charge in [-0.2, -0.15) is 0 Å². The van der Waals surface area contributed by atoms with Gasteiger partial charge in [0.1, 0.15) is 6.23 Å². The van der Waals surface area contributed by atoms with Crippen LogP contribution < -0.4 is 0 Å². The molecule has 1 saturated heterocycles. The molecule has 0 aromatic rings. The highest BCUT2D eigenvalue weighted by molar-refractivity contribution is 14.1. The summed E-state index contributed by atoms with van der Waals surface area (Å²) in [5, 5.41) is 9.38. The first-order valence-corrected chi connectivity index (χ1v) is 4.64. The molecule has 12 heavy (non-hydrogen) atoms. The highest BCUT2D eigenvalue weighted by atomic mass is 127. The quantitative estimate of drug-likeness (QED) is 0.396. The largest absolute Gasteiger partial charge is 0.372 e. The Morgan fingerprint density at radius 1 is 1.42 bits per heavy atom. The minimum atomic E-state index is -0.971. The lowest BCUT2D eigenvalue weighted by Crippen LogP contribution is -2.51. The first-order valence-electron chi connectivity index (χ1n) is 3.67. The molecule has 68 valence electrons. The van der Waals surface area contributed by atoms with Crippen LogP contribution in [0.4, 0.5) is 0 Å². The van der Waals surface area contributed by atoms with Crippen LogP contribution in [0.25, 0.3) is 0 Å². The van der Waals surface area contributed by atoms with Gasteiger partial charge in [0, 0.05) is 0 Å². The van der Waals surface area contributed by atoms with E-state index in [1.54, 1.807) is 36.7 Å². The topological polar surface area (TPSA) is 57.6 Å². The number of rotatable bonds is 0. The van der Waals surface area contributed by atoms with Gasteiger partial charge in [-0.3, -0.25) is 12.7 Å². The number of halogens is 1. The van der Waals surface area contributed by atoms with Crippen LogP contribution in [0.1, 0.15) is 13.8 Å². The minimum absolute atomic E-state index is 0.180. The Balaban J connectivity index is 2.91. The van der Waals surface area contributed by atoms with Gasteiger partial charge < -0.3 is 5.11 Å². The molecule has 5 heteroatoms. The Labute approximate surface area is 84.4 Å². The van der Waals surface area contributed by atoms with E-state index in [0.29, 0.717) is 0 Å². The lowest BCUT2D eigenvalue weighted by molar-refractivity contribution is -0.153. The van der Waals surface area contributed by atoms with Gasteiger partial charge in [0.25, 0.3) is 0 Å². The normalized spacial score (nSPS) is 37.3. The molecule has 4 nitrogen and oxygen atoms in total. The van der Waals surface area contributed by atoms with E-state index in [9.17, 15) is 14.7 Å². The summed E-state index contributed by atoms with van der Waals surface area (Å²) in [6, 6.07) is 0. The van der Waals surface area contributed by atoms with E-state index in [4.69, 9.17) is 0 Å². The summed E-state index contributed by atoms with van der Waals surface area (Å²) in [5.41, 5.74) is 0. The van der Waals surface area contributed by atoms with Crippen LogP contribution in [-0.2, 0) is 9.59 Å². The Morgan fingerprint density at radius 3 is 2.42 bits per heavy atom. The third kappa shape index (κ3) is 1.35. The highest BCUT2D eigenvalue weighted by Crippen LogP contribution is 2.26. The van der Waals surface area contributed by atoms with E-state index < -0.39 is 18.1 Å². The number of Topliss-reactive ketones (excluding diaryl/α,β-unsaturated/α-hetero) is 1. The van der Waals surface area contributed by atoms with Gasteiger partial charge in [0.05, 0.1) is 34.7 Å². The van der Waals surface area contributed by atoms with Crippen molar-refractivity contribution in [3.63, 3.8) is 0 Å². The number of aliphatic hydroxyl groups excluding tert-OH is 1. The first-order chi connectivity index (χ1) is 5.46. The molecule has 0 bridgehead atoms. The predicted molar refractivity (Wildman–Crippen MR) is 50.2 cm³/mol. The summed E-state index contributed by atoms with van der Waals surface area (Å²) in [7, 11) is 0. The van der Waals surface area contributed by atoms with Crippen molar-refractivity contribution in [1.82, 2.24) is 3.11 Å². The number of amides is 1. The molecule has 0 radical (unpaired) electrons. The van der Waals surface area contributed by atoms with Crippen molar-refractivity contribution in [2.24, 2.45) is 11.8 Å². The van der Waals surface area contributed by atoms with Crippen molar-refractivity contribution in [3.05, 3.63) is 0 Å². The number of aliphatic hydroxyl groups is 1. The van der Waals surface area contributed by atoms with Gasteiger partial charge in [-0.25, -0.2) is 0 Å². The molecule has 3 atom stereocenters. The van der Waals surface area contributed by atoms with E-state index in [-0.39, 0.29) is 11.7 Å². The van der Waals surface area contributed by atoms with Crippen molar-refractivity contribution in [3.8, 4) is 0 Å². The summed E-state index contributed by atoms with van der Waals surface area (Å²) in [5.74, 6) is -1.58. The molecule has 1 fully saturated rings. The molecule has 1 heterocycles. The van der Waals surface area contributed by atoms with Crippen molar-refractivity contribution in [1.29, 1.82) is 0 Å². The molecule has 1 amide bonds. The Bertz CT molecular complexity index is 209. The Kier molecular flexibility index (Phi) is 2.72. The van der Waals surface area contributed by atoms with Gasteiger partial charge in [0.15, 0.2) is 5.78 Å². The summed E-state index contributed by atoms with van der Waals surface area (Å²) in [6.07, 6.45) is -0.971. The number of carbonyl (C=O) groups is 2. The summed E-state index contributed by atoms with van der Waals surface area (Å²) >= 11 is 1.73. The van der Waals surface area contributed by atoms with Gasteiger partial charge >= 0.3 is 0 Å². The van der Waals surface area contributed by atoms with E-state index >= 15 is 0 Å². The third-order valence-corrected chi connectivity index (χ3v) is 3.18. The number of carbonyl (C=O) groups excluding carboxylic acids is 2. The molecule has 0 aromatic heterocycles. The maximum atomic E-state index is 11.3. The molecule has 0 saturated carbocycles.